The minimum absolute atomic E-state index is 0.263. The van der Waals surface area contributed by atoms with E-state index < -0.39 is 0 Å². The molecule has 4 rings (SSSR count). The molecule has 1 atom stereocenters. The molecule has 3 aromatic rings. The quantitative estimate of drug-likeness (QED) is 0.801. The zero-order valence-corrected chi connectivity index (χ0v) is 14.2. The number of anilines is 1. The molecule has 1 saturated heterocycles. The van der Waals surface area contributed by atoms with Crippen molar-refractivity contribution in [3.05, 3.63) is 24.4 Å². The Bertz CT molecular complexity index is 838. The number of rotatable bonds is 3. The van der Waals surface area contributed by atoms with Crippen molar-refractivity contribution in [1.82, 2.24) is 25.0 Å². The van der Waals surface area contributed by atoms with Crippen LogP contribution in [-0.2, 0) is 4.74 Å². The van der Waals surface area contributed by atoms with Crippen LogP contribution < -0.4 is 4.90 Å². The topological polar surface area (TPSA) is 71.9 Å². The standard InChI is InChI=1S/C17H22N6O/c1-11(2)23-14-4-5-15(22-8-9-24-10-12(22)3)19-17(14)16(21-23)13-6-7-18-20-13/h4-7,11-12H,8-10H2,1-3H3,(H,18,20)/t12-/m1/s1. The third-order valence-electron chi connectivity index (χ3n) is 4.45. The molecule has 1 N–H and O–H groups in total. The monoisotopic (exact) mass is 326 g/mol. The number of nitrogens with one attached hydrogen (secondary N) is 1. The third-order valence-corrected chi connectivity index (χ3v) is 4.45. The van der Waals surface area contributed by atoms with Crippen molar-refractivity contribution in [3.63, 3.8) is 0 Å². The number of pyridine rings is 1. The van der Waals surface area contributed by atoms with E-state index in [2.05, 4.69) is 48.0 Å². The van der Waals surface area contributed by atoms with Gasteiger partial charge in [0.05, 0.1) is 30.5 Å². The molecule has 3 aromatic heterocycles. The van der Waals surface area contributed by atoms with Crippen LogP contribution in [0.1, 0.15) is 26.8 Å². The van der Waals surface area contributed by atoms with Crippen LogP contribution in [0.25, 0.3) is 22.4 Å². The molecule has 1 fully saturated rings. The molecule has 0 unspecified atom stereocenters. The molecule has 0 spiro atoms. The Kier molecular flexibility index (Phi) is 3.72. The van der Waals surface area contributed by atoms with Crippen LogP contribution in [0.4, 0.5) is 5.82 Å². The lowest BCUT2D eigenvalue weighted by Crippen LogP contribution is -2.44. The molecule has 126 valence electrons. The van der Waals surface area contributed by atoms with Crippen LogP contribution in [0, 0.1) is 0 Å². The molecule has 0 amide bonds. The fourth-order valence-corrected chi connectivity index (χ4v) is 3.20. The fraction of sp³-hybridized carbons (Fsp3) is 0.471. The summed E-state index contributed by atoms with van der Waals surface area (Å²) in [6, 6.07) is 6.71. The smallest absolute Gasteiger partial charge is 0.136 e. The predicted octanol–water partition coefficient (Wildman–Crippen LogP) is 2.63. The SMILES string of the molecule is CC(C)n1nc(-c2ccn[nH]2)c2nc(N3CCOC[C@H]3C)ccc21. The van der Waals surface area contributed by atoms with Gasteiger partial charge in [-0.05, 0) is 39.0 Å². The first-order valence-electron chi connectivity index (χ1n) is 8.38. The number of H-pyrrole nitrogens is 1. The first-order valence-corrected chi connectivity index (χ1v) is 8.38. The van der Waals surface area contributed by atoms with E-state index in [0.29, 0.717) is 6.04 Å². The van der Waals surface area contributed by atoms with Crippen LogP contribution >= 0.6 is 0 Å². The Hall–Kier alpha value is -2.41. The van der Waals surface area contributed by atoms with Gasteiger partial charge in [-0.25, -0.2) is 4.98 Å². The Balaban J connectivity index is 1.87. The van der Waals surface area contributed by atoms with E-state index in [4.69, 9.17) is 14.8 Å². The van der Waals surface area contributed by atoms with Crippen molar-refractivity contribution < 1.29 is 4.74 Å². The highest BCUT2D eigenvalue weighted by Crippen LogP contribution is 2.30. The molecule has 0 saturated carbocycles. The van der Waals surface area contributed by atoms with Crippen molar-refractivity contribution in [2.45, 2.75) is 32.9 Å². The number of hydrogen-bond donors (Lipinski definition) is 1. The van der Waals surface area contributed by atoms with Gasteiger partial charge in [0.2, 0.25) is 0 Å². The Morgan fingerprint density at radius 1 is 1.29 bits per heavy atom. The molecule has 0 radical (unpaired) electrons. The van der Waals surface area contributed by atoms with Crippen molar-refractivity contribution in [2.24, 2.45) is 0 Å². The van der Waals surface area contributed by atoms with Gasteiger partial charge in [0.15, 0.2) is 0 Å². The van der Waals surface area contributed by atoms with Gasteiger partial charge in [0.25, 0.3) is 0 Å². The maximum atomic E-state index is 5.54. The minimum Gasteiger partial charge on any atom is -0.377 e. The van der Waals surface area contributed by atoms with Gasteiger partial charge in [-0.3, -0.25) is 9.78 Å². The van der Waals surface area contributed by atoms with E-state index >= 15 is 0 Å². The molecule has 1 aliphatic rings. The van der Waals surface area contributed by atoms with Gasteiger partial charge in [-0.15, -0.1) is 0 Å². The zero-order chi connectivity index (χ0) is 16.7. The lowest BCUT2D eigenvalue weighted by molar-refractivity contribution is 0.0986. The van der Waals surface area contributed by atoms with Gasteiger partial charge >= 0.3 is 0 Å². The second kappa shape index (κ2) is 5.90. The van der Waals surface area contributed by atoms with Gasteiger partial charge < -0.3 is 9.64 Å². The average molecular weight is 326 g/mol. The lowest BCUT2D eigenvalue weighted by atomic mass is 10.2. The Morgan fingerprint density at radius 3 is 2.88 bits per heavy atom. The van der Waals surface area contributed by atoms with Crippen LogP contribution in [0.3, 0.4) is 0 Å². The summed E-state index contributed by atoms with van der Waals surface area (Å²) in [6.45, 7) is 8.75. The summed E-state index contributed by atoms with van der Waals surface area (Å²) in [5.41, 5.74) is 3.68. The second-order valence-corrected chi connectivity index (χ2v) is 6.51. The fourth-order valence-electron chi connectivity index (χ4n) is 3.20. The first kappa shape index (κ1) is 15.1. The summed E-state index contributed by atoms with van der Waals surface area (Å²) in [6.07, 6.45) is 1.74. The molecular formula is C17H22N6O. The summed E-state index contributed by atoms with van der Waals surface area (Å²) >= 11 is 0. The second-order valence-electron chi connectivity index (χ2n) is 6.51. The van der Waals surface area contributed by atoms with E-state index in [-0.39, 0.29) is 6.04 Å². The van der Waals surface area contributed by atoms with E-state index in [1.807, 2.05) is 10.7 Å². The molecule has 0 aliphatic carbocycles. The summed E-state index contributed by atoms with van der Waals surface area (Å²) in [5.74, 6) is 0.974. The van der Waals surface area contributed by atoms with Crippen LogP contribution in [0.5, 0.6) is 0 Å². The summed E-state index contributed by atoms with van der Waals surface area (Å²) in [4.78, 5) is 7.25. The van der Waals surface area contributed by atoms with E-state index in [1.54, 1.807) is 6.20 Å². The van der Waals surface area contributed by atoms with Crippen LogP contribution in [-0.4, -0.2) is 50.8 Å². The normalized spacial score (nSPS) is 18.7. The number of fused-ring (bicyclic) bond motifs is 1. The minimum atomic E-state index is 0.263. The number of aromatic nitrogens is 5. The number of morpholine rings is 1. The Labute approximate surface area is 140 Å². The summed E-state index contributed by atoms with van der Waals surface area (Å²) in [5, 5.41) is 11.8. The number of aromatic amines is 1. The predicted molar refractivity (Wildman–Crippen MR) is 93.1 cm³/mol. The van der Waals surface area contributed by atoms with Crippen LogP contribution in [0.15, 0.2) is 24.4 Å². The Morgan fingerprint density at radius 2 is 2.17 bits per heavy atom. The first-order chi connectivity index (χ1) is 11.6. The molecular weight excluding hydrogens is 304 g/mol. The van der Waals surface area contributed by atoms with Crippen molar-refractivity contribution in [3.8, 4) is 11.4 Å². The van der Waals surface area contributed by atoms with E-state index in [9.17, 15) is 0 Å². The van der Waals surface area contributed by atoms with Crippen LogP contribution in [0.2, 0.25) is 0 Å². The van der Waals surface area contributed by atoms with Crippen molar-refractivity contribution in [1.29, 1.82) is 0 Å². The molecule has 0 aromatic carbocycles. The van der Waals surface area contributed by atoms with Crippen molar-refractivity contribution in [2.75, 3.05) is 24.7 Å². The van der Waals surface area contributed by atoms with Crippen molar-refractivity contribution >= 4 is 16.9 Å². The van der Waals surface area contributed by atoms with Gasteiger partial charge in [0, 0.05) is 18.8 Å². The number of ether oxygens (including phenoxy) is 1. The molecule has 1 aliphatic heterocycles. The largest absolute Gasteiger partial charge is 0.377 e. The summed E-state index contributed by atoms with van der Waals surface area (Å²) in [7, 11) is 0. The summed E-state index contributed by atoms with van der Waals surface area (Å²) < 4.78 is 7.56. The average Bonchev–Trinajstić information content (AvgIpc) is 3.22. The number of nitrogens with zero attached hydrogens (tertiary/aromatic N) is 5. The third kappa shape index (κ3) is 2.45. The molecule has 4 heterocycles. The highest BCUT2D eigenvalue weighted by atomic mass is 16.5. The van der Waals surface area contributed by atoms with E-state index in [0.717, 1.165) is 48.0 Å². The maximum absolute atomic E-state index is 5.54. The molecule has 0 bridgehead atoms. The maximum Gasteiger partial charge on any atom is 0.136 e. The van der Waals surface area contributed by atoms with Gasteiger partial charge in [-0.1, -0.05) is 0 Å². The van der Waals surface area contributed by atoms with Gasteiger partial charge in [-0.2, -0.15) is 10.2 Å². The zero-order valence-electron chi connectivity index (χ0n) is 14.2. The molecule has 7 nitrogen and oxygen atoms in total. The lowest BCUT2D eigenvalue weighted by Gasteiger charge is -2.34. The van der Waals surface area contributed by atoms with E-state index in [1.165, 1.54) is 0 Å². The highest BCUT2D eigenvalue weighted by Gasteiger charge is 2.23. The van der Waals surface area contributed by atoms with Gasteiger partial charge in [0.1, 0.15) is 17.0 Å². The molecule has 24 heavy (non-hydrogen) atoms. The number of hydrogen-bond acceptors (Lipinski definition) is 5. The highest BCUT2D eigenvalue weighted by molar-refractivity contribution is 5.90. The molecule has 7 heteroatoms.